The van der Waals surface area contributed by atoms with Crippen molar-refractivity contribution in [2.45, 2.75) is 18.6 Å². The second-order valence-electron chi connectivity index (χ2n) is 8.19. The van der Waals surface area contributed by atoms with Crippen LogP contribution < -0.4 is 31.4 Å². The molecule has 6 rings (SSSR count). The van der Waals surface area contributed by atoms with Crippen LogP contribution in [-0.2, 0) is 11.2 Å². The van der Waals surface area contributed by atoms with Gasteiger partial charge in [0.25, 0.3) is 0 Å². The highest BCUT2D eigenvalue weighted by Gasteiger charge is 2.50. The van der Waals surface area contributed by atoms with Crippen molar-refractivity contribution >= 4 is 5.97 Å². The molecule has 4 heterocycles. The summed E-state index contributed by atoms with van der Waals surface area (Å²) >= 11 is 0. The number of nitrogens with zero attached hydrogens (tertiary/aromatic N) is 1. The standard InChI is InChI=1S/C21H20NO6.ClH/c1-22(2)6-5-11-7-15-16(26-9-25-15)8-13(11)18(22)19-12-3-4-14-20(27-10-24-14)17(12)21(23)28-19;/h3-4,7-8,18-19H,5-6,9-10H2,1-2H3;1H/q+1;/p-1/t18-,19+;/m1./s1. The summed E-state index contributed by atoms with van der Waals surface area (Å²) in [6, 6.07) is 7.87. The Bertz CT molecular complexity index is 1040. The van der Waals surface area contributed by atoms with Crippen molar-refractivity contribution in [1.29, 1.82) is 0 Å². The number of hydrogen-bond acceptors (Lipinski definition) is 6. The van der Waals surface area contributed by atoms with Gasteiger partial charge in [-0.3, -0.25) is 0 Å². The molecule has 0 amide bonds. The summed E-state index contributed by atoms with van der Waals surface area (Å²) in [7, 11) is 4.36. The maximum Gasteiger partial charge on any atom is 0.343 e. The minimum Gasteiger partial charge on any atom is -1.00 e. The topological polar surface area (TPSA) is 63.2 Å². The average Bonchev–Trinajstić information content (AvgIpc) is 3.37. The van der Waals surface area contributed by atoms with E-state index in [1.165, 1.54) is 5.56 Å². The number of fused-ring (bicyclic) bond motifs is 5. The van der Waals surface area contributed by atoms with Crippen LogP contribution in [0.2, 0.25) is 0 Å². The van der Waals surface area contributed by atoms with Crippen LogP contribution in [0.4, 0.5) is 0 Å². The molecule has 2 atom stereocenters. The number of benzene rings is 2. The Balaban J connectivity index is 0.00000181. The Morgan fingerprint density at radius 2 is 1.66 bits per heavy atom. The zero-order valence-electron chi connectivity index (χ0n) is 16.1. The molecule has 0 aromatic heterocycles. The predicted molar refractivity (Wildman–Crippen MR) is 96.7 cm³/mol. The van der Waals surface area contributed by atoms with Crippen LogP contribution in [0.25, 0.3) is 0 Å². The zero-order valence-corrected chi connectivity index (χ0v) is 16.8. The highest BCUT2D eigenvalue weighted by Crippen LogP contribution is 2.53. The molecule has 0 N–H and O–H groups in total. The summed E-state index contributed by atoms with van der Waals surface area (Å²) in [6.45, 7) is 1.30. The van der Waals surface area contributed by atoms with Gasteiger partial charge in [-0.25, -0.2) is 4.79 Å². The summed E-state index contributed by atoms with van der Waals surface area (Å²) in [4.78, 5) is 12.8. The Kier molecular flexibility index (Phi) is 3.92. The molecule has 8 heteroatoms. The van der Waals surface area contributed by atoms with Crippen molar-refractivity contribution in [3.63, 3.8) is 0 Å². The Morgan fingerprint density at radius 3 is 2.48 bits per heavy atom. The molecule has 7 nitrogen and oxygen atoms in total. The molecular weight excluding hydrogens is 398 g/mol. The third kappa shape index (κ3) is 2.50. The van der Waals surface area contributed by atoms with Gasteiger partial charge in [0.1, 0.15) is 5.56 Å². The maximum absolute atomic E-state index is 12.8. The number of ether oxygens (including phenoxy) is 5. The number of hydrogen-bond donors (Lipinski definition) is 0. The number of carbonyl (C=O) groups excluding carboxylic acids is 1. The Labute approximate surface area is 174 Å². The fraction of sp³-hybridized carbons (Fsp3) is 0.381. The summed E-state index contributed by atoms with van der Waals surface area (Å²) in [5.74, 6) is 2.28. The van der Waals surface area contributed by atoms with Crippen LogP contribution in [0, 0.1) is 0 Å². The second-order valence-corrected chi connectivity index (χ2v) is 8.19. The lowest BCUT2D eigenvalue weighted by Gasteiger charge is -2.44. The molecule has 2 aromatic rings. The van der Waals surface area contributed by atoms with Crippen molar-refractivity contribution in [3.05, 3.63) is 46.5 Å². The summed E-state index contributed by atoms with van der Waals surface area (Å²) in [5.41, 5.74) is 3.71. The Morgan fingerprint density at radius 1 is 0.931 bits per heavy atom. The van der Waals surface area contributed by atoms with Crippen LogP contribution in [0.1, 0.15) is 39.2 Å². The van der Waals surface area contributed by atoms with Crippen molar-refractivity contribution in [1.82, 2.24) is 0 Å². The molecule has 0 spiro atoms. The van der Waals surface area contributed by atoms with Gasteiger partial charge in [0, 0.05) is 17.5 Å². The van der Waals surface area contributed by atoms with Gasteiger partial charge >= 0.3 is 5.97 Å². The predicted octanol–water partition coefficient (Wildman–Crippen LogP) is -0.267. The highest BCUT2D eigenvalue weighted by atomic mass is 35.5. The van der Waals surface area contributed by atoms with E-state index in [9.17, 15) is 4.79 Å². The van der Waals surface area contributed by atoms with Crippen molar-refractivity contribution in [3.8, 4) is 23.0 Å². The van der Waals surface area contributed by atoms with E-state index < -0.39 is 6.10 Å². The number of rotatable bonds is 1. The quantitative estimate of drug-likeness (QED) is 0.470. The molecule has 0 fully saturated rings. The number of cyclic esters (lactones) is 1. The highest BCUT2D eigenvalue weighted by molar-refractivity contribution is 5.98. The SMILES string of the molecule is C[N+]1(C)CCc2cc3c(cc2[C@@H]1[C@H]1OC(=O)c2c1ccc1c2OCO1)OCO3.[Cl-]. The van der Waals surface area contributed by atoms with Crippen LogP contribution in [0.15, 0.2) is 24.3 Å². The smallest absolute Gasteiger partial charge is 0.343 e. The third-order valence-corrected chi connectivity index (χ3v) is 6.27. The lowest BCUT2D eigenvalue weighted by Crippen LogP contribution is -3.00. The van der Waals surface area contributed by atoms with Gasteiger partial charge in [0.05, 0.1) is 20.6 Å². The molecule has 0 unspecified atom stereocenters. The molecule has 4 aliphatic rings. The molecular formula is C21H20ClNO6. The lowest BCUT2D eigenvalue weighted by atomic mass is 9.84. The minimum atomic E-state index is -0.397. The number of quaternary nitrogens is 1. The zero-order chi connectivity index (χ0) is 19.0. The largest absolute Gasteiger partial charge is 1.00 e. The summed E-state index contributed by atoms with van der Waals surface area (Å²) < 4.78 is 28.8. The minimum absolute atomic E-state index is 0. The van der Waals surface area contributed by atoms with Gasteiger partial charge in [-0.2, -0.15) is 0 Å². The number of carbonyl (C=O) groups is 1. The first kappa shape index (κ1) is 18.4. The van der Waals surface area contributed by atoms with Crippen LogP contribution in [0.3, 0.4) is 0 Å². The molecule has 152 valence electrons. The molecule has 0 saturated heterocycles. The first-order valence-electron chi connectivity index (χ1n) is 9.41. The van der Waals surface area contributed by atoms with Gasteiger partial charge in [-0.1, -0.05) is 6.07 Å². The van der Waals surface area contributed by atoms with E-state index in [0.717, 1.165) is 35.6 Å². The van der Waals surface area contributed by atoms with Crippen LogP contribution in [-0.4, -0.2) is 44.7 Å². The fourth-order valence-electron chi connectivity index (χ4n) is 4.85. The molecule has 0 saturated carbocycles. The molecule has 2 aromatic carbocycles. The van der Waals surface area contributed by atoms with E-state index in [0.29, 0.717) is 21.5 Å². The first-order chi connectivity index (χ1) is 13.5. The van der Waals surface area contributed by atoms with Crippen molar-refractivity contribution < 1.29 is 45.4 Å². The van der Waals surface area contributed by atoms with E-state index in [2.05, 4.69) is 26.2 Å². The molecule has 29 heavy (non-hydrogen) atoms. The second kappa shape index (κ2) is 6.18. The Hall–Kier alpha value is -2.64. The summed E-state index contributed by atoms with van der Waals surface area (Å²) in [5, 5.41) is 0. The first-order valence-corrected chi connectivity index (χ1v) is 9.41. The number of halogens is 1. The van der Waals surface area contributed by atoms with E-state index in [1.807, 2.05) is 12.1 Å². The van der Waals surface area contributed by atoms with Gasteiger partial charge < -0.3 is 40.6 Å². The number of likely N-dealkylation sites (N-methyl/N-ethyl adjacent to an activating group) is 1. The molecule has 0 aliphatic carbocycles. The monoisotopic (exact) mass is 417 g/mol. The van der Waals surface area contributed by atoms with E-state index in [-0.39, 0.29) is 38.0 Å². The van der Waals surface area contributed by atoms with Crippen molar-refractivity contribution in [2.75, 3.05) is 34.2 Å². The van der Waals surface area contributed by atoms with E-state index in [1.54, 1.807) is 0 Å². The van der Waals surface area contributed by atoms with Gasteiger partial charge in [0.15, 0.2) is 35.1 Å². The third-order valence-electron chi connectivity index (χ3n) is 6.27. The van der Waals surface area contributed by atoms with E-state index in [4.69, 9.17) is 23.7 Å². The van der Waals surface area contributed by atoms with Gasteiger partial charge in [-0.05, 0) is 23.8 Å². The van der Waals surface area contributed by atoms with Gasteiger partial charge in [0.2, 0.25) is 13.6 Å². The summed E-state index contributed by atoms with van der Waals surface area (Å²) in [6.07, 6.45) is 0.538. The average molecular weight is 418 g/mol. The lowest BCUT2D eigenvalue weighted by molar-refractivity contribution is -0.927. The van der Waals surface area contributed by atoms with Gasteiger partial charge in [-0.15, -0.1) is 0 Å². The number of esters is 1. The van der Waals surface area contributed by atoms with Crippen LogP contribution >= 0.6 is 0 Å². The van der Waals surface area contributed by atoms with Crippen LogP contribution in [0.5, 0.6) is 23.0 Å². The molecule has 4 aliphatic heterocycles. The fourth-order valence-corrected chi connectivity index (χ4v) is 4.85. The molecule has 0 bridgehead atoms. The molecule has 0 radical (unpaired) electrons. The normalized spacial score (nSPS) is 24.4. The van der Waals surface area contributed by atoms with Crippen molar-refractivity contribution in [2.24, 2.45) is 0 Å². The maximum atomic E-state index is 12.8. The van der Waals surface area contributed by atoms with E-state index >= 15 is 0 Å².